The third-order valence-electron chi connectivity index (χ3n) is 6.15. The summed E-state index contributed by atoms with van der Waals surface area (Å²) in [6.45, 7) is 2.24. The van der Waals surface area contributed by atoms with Gasteiger partial charge in [-0.2, -0.15) is 0 Å². The van der Waals surface area contributed by atoms with Gasteiger partial charge in [0.25, 0.3) is 0 Å². The van der Waals surface area contributed by atoms with Gasteiger partial charge in [-0.3, -0.25) is 9.69 Å². The Morgan fingerprint density at radius 1 is 1.23 bits per heavy atom. The number of fused-ring (bicyclic) bond motifs is 1. The molecule has 1 aliphatic carbocycles. The van der Waals surface area contributed by atoms with Crippen molar-refractivity contribution in [2.24, 2.45) is 11.3 Å². The largest absolute Gasteiger partial charge is 0.496 e. The zero-order chi connectivity index (χ0) is 18.1. The van der Waals surface area contributed by atoms with Crippen LogP contribution >= 0.6 is 0 Å². The number of aliphatic carboxylic acids is 1. The second-order valence-corrected chi connectivity index (χ2v) is 7.61. The van der Waals surface area contributed by atoms with E-state index in [0.29, 0.717) is 6.54 Å². The Kier molecular flexibility index (Phi) is 4.45. The molecule has 1 aliphatic heterocycles. The highest BCUT2D eigenvalue weighted by Gasteiger charge is 2.54. The van der Waals surface area contributed by atoms with Crippen molar-refractivity contribution >= 4 is 5.97 Å². The van der Waals surface area contributed by atoms with Crippen molar-refractivity contribution in [2.45, 2.75) is 25.8 Å². The van der Waals surface area contributed by atoms with Crippen LogP contribution in [0.25, 0.3) is 11.1 Å². The molecule has 0 radical (unpaired) electrons. The Hall–Kier alpha value is -2.33. The van der Waals surface area contributed by atoms with Gasteiger partial charge in [0.15, 0.2) is 0 Å². The molecule has 1 heterocycles. The molecule has 0 unspecified atom stereocenters. The van der Waals surface area contributed by atoms with E-state index in [9.17, 15) is 9.90 Å². The van der Waals surface area contributed by atoms with E-state index in [2.05, 4.69) is 29.2 Å². The lowest BCUT2D eigenvalue weighted by atomic mass is 9.81. The fourth-order valence-electron chi connectivity index (χ4n) is 4.82. The monoisotopic (exact) mass is 351 g/mol. The second kappa shape index (κ2) is 6.76. The molecule has 2 aromatic carbocycles. The maximum atomic E-state index is 11.9. The van der Waals surface area contributed by atoms with Gasteiger partial charge in [-0.1, -0.05) is 42.8 Å². The van der Waals surface area contributed by atoms with Crippen molar-refractivity contribution < 1.29 is 14.6 Å². The van der Waals surface area contributed by atoms with Gasteiger partial charge in [0.1, 0.15) is 5.75 Å². The summed E-state index contributed by atoms with van der Waals surface area (Å²) in [4.78, 5) is 14.2. The molecule has 2 aliphatic rings. The molecule has 1 saturated heterocycles. The van der Waals surface area contributed by atoms with Gasteiger partial charge in [-0.25, -0.2) is 0 Å². The minimum Gasteiger partial charge on any atom is -0.496 e. The molecule has 1 saturated carbocycles. The van der Waals surface area contributed by atoms with Crippen LogP contribution in [0.4, 0.5) is 0 Å². The molecule has 1 N–H and O–H groups in total. The quantitative estimate of drug-likeness (QED) is 0.883. The topological polar surface area (TPSA) is 49.8 Å². The number of hydrogen-bond donors (Lipinski definition) is 1. The Labute approximate surface area is 154 Å². The number of ether oxygens (including phenoxy) is 1. The van der Waals surface area contributed by atoms with E-state index in [0.717, 1.165) is 49.2 Å². The molecule has 136 valence electrons. The lowest BCUT2D eigenvalue weighted by Crippen LogP contribution is -2.35. The number of carboxylic acid groups (broad SMARTS) is 1. The summed E-state index contributed by atoms with van der Waals surface area (Å²) in [5, 5.41) is 9.80. The van der Waals surface area contributed by atoms with E-state index >= 15 is 0 Å². The van der Waals surface area contributed by atoms with Crippen molar-refractivity contribution in [1.82, 2.24) is 4.90 Å². The predicted molar refractivity (Wildman–Crippen MR) is 101 cm³/mol. The summed E-state index contributed by atoms with van der Waals surface area (Å²) >= 11 is 0. The van der Waals surface area contributed by atoms with E-state index < -0.39 is 11.4 Å². The van der Waals surface area contributed by atoms with Crippen LogP contribution in [0, 0.1) is 11.3 Å². The molecule has 4 rings (SSSR count). The number of carboxylic acids is 1. The van der Waals surface area contributed by atoms with Crippen LogP contribution in [0.2, 0.25) is 0 Å². The van der Waals surface area contributed by atoms with Crippen LogP contribution in [0.1, 0.15) is 24.8 Å². The number of hydrogen-bond acceptors (Lipinski definition) is 3. The zero-order valence-electron chi connectivity index (χ0n) is 15.1. The van der Waals surface area contributed by atoms with Gasteiger partial charge in [0, 0.05) is 25.2 Å². The summed E-state index contributed by atoms with van der Waals surface area (Å²) in [6, 6.07) is 16.6. The lowest BCUT2D eigenvalue weighted by molar-refractivity contribution is -0.149. The second-order valence-electron chi connectivity index (χ2n) is 7.61. The summed E-state index contributed by atoms with van der Waals surface area (Å²) in [7, 11) is 1.69. The van der Waals surface area contributed by atoms with Gasteiger partial charge in [-0.05, 0) is 42.0 Å². The maximum absolute atomic E-state index is 11.9. The number of nitrogens with zero attached hydrogens (tertiary/aromatic N) is 1. The van der Waals surface area contributed by atoms with Crippen molar-refractivity contribution in [3.63, 3.8) is 0 Å². The van der Waals surface area contributed by atoms with E-state index in [1.54, 1.807) is 7.11 Å². The molecule has 0 spiro atoms. The Balaban J connectivity index is 1.59. The zero-order valence-corrected chi connectivity index (χ0v) is 15.1. The summed E-state index contributed by atoms with van der Waals surface area (Å²) < 4.78 is 5.57. The van der Waals surface area contributed by atoms with E-state index in [1.807, 2.05) is 24.3 Å². The van der Waals surface area contributed by atoms with Crippen molar-refractivity contribution in [3.05, 3.63) is 54.1 Å². The summed E-state index contributed by atoms with van der Waals surface area (Å²) in [5.74, 6) is 0.530. The SMILES string of the molecule is COc1ccc(-c2ccccc2)cc1CN1C[C@@H]2CCC[C@@]2(C(=O)O)C1. The van der Waals surface area contributed by atoms with Crippen molar-refractivity contribution in [2.75, 3.05) is 20.2 Å². The normalized spacial score (nSPS) is 25.2. The van der Waals surface area contributed by atoms with E-state index in [4.69, 9.17) is 4.74 Å². The number of rotatable bonds is 5. The molecule has 0 bridgehead atoms. The highest BCUT2D eigenvalue weighted by atomic mass is 16.5. The van der Waals surface area contributed by atoms with Gasteiger partial charge >= 0.3 is 5.97 Å². The van der Waals surface area contributed by atoms with E-state index in [1.165, 1.54) is 5.56 Å². The van der Waals surface area contributed by atoms with E-state index in [-0.39, 0.29) is 5.92 Å². The van der Waals surface area contributed by atoms with Crippen LogP contribution < -0.4 is 4.74 Å². The highest BCUT2D eigenvalue weighted by Crippen LogP contribution is 2.49. The predicted octanol–water partition coefficient (Wildman–Crippen LogP) is 4.05. The minimum atomic E-state index is -0.618. The van der Waals surface area contributed by atoms with Gasteiger partial charge < -0.3 is 9.84 Å². The molecular formula is C22H25NO3. The van der Waals surface area contributed by atoms with Gasteiger partial charge in [-0.15, -0.1) is 0 Å². The van der Waals surface area contributed by atoms with Crippen molar-refractivity contribution in [1.29, 1.82) is 0 Å². The smallest absolute Gasteiger partial charge is 0.311 e. The molecule has 2 fully saturated rings. The molecule has 26 heavy (non-hydrogen) atoms. The van der Waals surface area contributed by atoms with Crippen LogP contribution in [0.15, 0.2) is 48.5 Å². The minimum absolute atomic E-state index is 0.281. The number of methoxy groups -OCH3 is 1. The number of carbonyl (C=O) groups is 1. The lowest BCUT2D eigenvalue weighted by Gasteiger charge is -2.24. The standard InChI is InChI=1S/C22H25NO3/c1-26-20-10-9-17(16-6-3-2-4-7-16)12-18(20)13-23-14-19-8-5-11-22(19,15-23)21(24)25/h2-4,6-7,9-10,12,19H,5,8,11,13-15H2,1H3,(H,24,25)/t19-,22+/m0/s1. The average molecular weight is 351 g/mol. The van der Waals surface area contributed by atoms with Gasteiger partial charge in [0.2, 0.25) is 0 Å². The first-order chi connectivity index (χ1) is 12.6. The molecule has 0 amide bonds. The fraction of sp³-hybridized carbons (Fsp3) is 0.409. The van der Waals surface area contributed by atoms with Crippen molar-refractivity contribution in [3.8, 4) is 16.9 Å². The Morgan fingerprint density at radius 3 is 2.73 bits per heavy atom. The average Bonchev–Trinajstić information content (AvgIpc) is 3.20. The third kappa shape index (κ3) is 2.88. The molecule has 2 aromatic rings. The third-order valence-corrected chi connectivity index (χ3v) is 6.15. The molecule has 0 aromatic heterocycles. The van der Waals surface area contributed by atoms with Crippen LogP contribution in [0.5, 0.6) is 5.75 Å². The number of benzene rings is 2. The molecule has 4 heteroatoms. The number of likely N-dealkylation sites (tertiary alicyclic amines) is 1. The highest BCUT2D eigenvalue weighted by molar-refractivity contribution is 5.76. The van der Waals surface area contributed by atoms with Crippen LogP contribution in [-0.2, 0) is 11.3 Å². The summed E-state index contributed by atoms with van der Waals surface area (Å²) in [5.41, 5.74) is 2.92. The molecule has 4 nitrogen and oxygen atoms in total. The molecular weight excluding hydrogens is 326 g/mol. The first-order valence-electron chi connectivity index (χ1n) is 9.30. The Bertz CT molecular complexity index is 804. The fourth-order valence-corrected chi connectivity index (χ4v) is 4.82. The van der Waals surface area contributed by atoms with Crippen LogP contribution in [0.3, 0.4) is 0 Å². The van der Waals surface area contributed by atoms with Crippen LogP contribution in [-0.4, -0.2) is 36.2 Å². The first kappa shape index (κ1) is 17.1. The first-order valence-corrected chi connectivity index (χ1v) is 9.30. The maximum Gasteiger partial charge on any atom is 0.311 e. The van der Waals surface area contributed by atoms with Gasteiger partial charge in [0.05, 0.1) is 12.5 Å². The Morgan fingerprint density at radius 2 is 2.04 bits per heavy atom. The summed E-state index contributed by atoms with van der Waals surface area (Å²) in [6.07, 6.45) is 2.88. The molecule has 2 atom stereocenters.